The Morgan fingerprint density at radius 1 is 1.19 bits per heavy atom. The molecule has 0 bridgehead atoms. The lowest BCUT2D eigenvalue weighted by atomic mass is 9.71. The van der Waals surface area contributed by atoms with E-state index in [9.17, 15) is 4.79 Å². The van der Waals surface area contributed by atoms with Crippen LogP contribution < -0.4 is 0 Å². The van der Waals surface area contributed by atoms with Gasteiger partial charge >= 0.3 is 6.09 Å². The van der Waals surface area contributed by atoms with E-state index in [0.717, 1.165) is 11.5 Å². The summed E-state index contributed by atoms with van der Waals surface area (Å²) in [5.74, 6) is 1.03. The van der Waals surface area contributed by atoms with E-state index in [-0.39, 0.29) is 28.9 Å². The Bertz CT molecular complexity index is 516. The standard InChI is InChI=1S/C17H28N2O2/c1-10(2)14-18-13(17(6,7)8)12(16(3,4)5)11-9-21-15(20)19(11)14/h10,13H,9H2,1-8H3. The number of ether oxygens (including phenoxy) is 1. The molecule has 0 aromatic carbocycles. The molecule has 21 heavy (non-hydrogen) atoms. The molecule has 2 heterocycles. The smallest absolute Gasteiger partial charge is 0.420 e. The molecule has 1 unspecified atom stereocenters. The first-order chi connectivity index (χ1) is 9.44. The monoisotopic (exact) mass is 292 g/mol. The van der Waals surface area contributed by atoms with Gasteiger partial charge in [-0.25, -0.2) is 9.69 Å². The molecule has 0 spiro atoms. The molecule has 0 radical (unpaired) electrons. The SMILES string of the molecule is CC(C)C1=NC(C(C)(C)C)C(C(C)(C)C)=C2COC(=O)N12. The van der Waals surface area contributed by atoms with Gasteiger partial charge in [-0.15, -0.1) is 0 Å². The number of amides is 1. The molecule has 1 saturated heterocycles. The van der Waals surface area contributed by atoms with Gasteiger partial charge in [-0.05, 0) is 16.4 Å². The van der Waals surface area contributed by atoms with Crippen LogP contribution in [0.1, 0.15) is 55.4 Å². The topological polar surface area (TPSA) is 41.9 Å². The third-order valence-corrected chi connectivity index (χ3v) is 4.00. The maximum atomic E-state index is 12.1. The molecular formula is C17H28N2O2. The first-order valence-electron chi connectivity index (χ1n) is 7.72. The number of aliphatic imine (C=N–C) groups is 1. The predicted octanol–water partition coefficient (Wildman–Crippen LogP) is 4.22. The third-order valence-electron chi connectivity index (χ3n) is 4.00. The first-order valence-corrected chi connectivity index (χ1v) is 7.72. The number of nitrogens with zero attached hydrogens (tertiary/aromatic N) is 2. The number of amidine groups is 1. The van der Waals surface area contributed by atoms with Gasteiger partial charge in [0.15, 0.2) is 0 Å². The van der Waals surface area contributed by atoms with E-state index >= 15 is 0 Å². The van der Waals surface area contributed by atoms with Crippen molar-refractivity contribution in [3.8, 4) is 0 Å². The molecule has 118 valence electrons. The Kier molecular flexibility index (Phi) is 3.71. The molecule has 1 amide bonds. The van der Waals surface area contributed by atoms with E-state index < -0.39 is 0 Å². The van der Waals surface area contributed by atoms with Crippen LogP contribution in [0.25, 0.3) is 0 Å². The van der Waals surface area contributed by atoms with Crippen LogP contribution in [-0.4, -0.2) is 29.5 Å². The van der Waals surface area contributed by atoms with E-state index in [1.54, 1.807) is 4.90 Å². The first kappa shape index (κ1) is 16.1. The molecule has 0 N–H and O–H groups in total. The van der Waals surface area contributed by atoms with Crippen molar-refractivity contribution in [1.29, 1.82) is 0 Å². The van der Waals surface area contributed by atoms with Crippen LogP contribution in [0.2, 0.25) is 0 Å². The van der Waals surface area contributed by atoms with Crippen LogP contribution in [0.5, 0.6) is 0 Å². The van der Waals surface area contributed by atoms with Crippen molar-refractivity contribution in [3.05, 3.63) is 11.3 Å². The number of rotatable bonds is 1. The average Bonchev–Trinajstić information content (AvgIpc) is 2.67. The molecule has 2 rings (SSSR count). The van der Waals surface area contributed by atoms with Gasteiger partial charge in [-0.1, -0.05) is 55.4 Å². The van der Waals surface area contributed by atoms with Crippen LogP contribution >= 0.6 is 0 Å². The van der Waals surface area contributed by atoms with Crippen molar-refractivity contribution in [1.82, 2.24) is 4.90 Å². The molecule has 0 saturated carbocycles. The van der Waals surface area contributed by atoms with E-state index in [1.165, 1.54) is 5.57 Å². The quantitative estimate of drug-likeness (QED) is 0.726. The van der Waals surface area contributed by atoms with E-state index in [2.05, 4.69) is 55.4 Å². The fraction of sp³-hybridized carbons (Fsp3) is 0.765. The number of hydrogen-bond donors (Lipinski definition) is 0. The highest BCUT2D eigenvalue weighted by Gasteiger charge is 2.46. The van der Waals surface area contributed by atoms with Gasteiger partial charge in [0.1, 0.15) is 12.4 Å². The lowest BCUT2D eigenvalue weighted by Gasteiger charge is -2.42. The Labute approximate surface area is 128 Å². The Hall–Kier alpha value is -1.32. The highest BCUT2D eigenvalue weighted by Crippen LogP contribution is 2.44. The van der Waals surface area contributed by atoms with Crippen molar-refractivity contribution >= 4 is 11.9 Å². The average molecular weight is 292 g/mol. The zero-order valence-electron chi connectivity index (χ0n) is 14.6. The third kappa shape index (κ3) is 2.72. The van der Waals surface area contributed by atoms with Crippen LogP contribution in [0, 0.1) is 16.7 Å². The van der Waals surface area contributed by atoms with Gasteiger partial charge in [0.2, 0.25) is 0 Å². The molecule has 1 fully saturated rings. The fourth-order valence-corrected chi connectivity index (χ4v) is 3.09. The molecule has 0 aromatic heterocycles. The van der Waals surface area contributed by atoms with Gasteiger partial charge in [0.05, 0.1) is 11.7 Å². The molecule has 0 aliphatic carbocycles. The summed E-state index contributed by atoms with van der Waals surface area (Å²) in [4.78, 5) is 18.8. The second kappa shape index (κ2) is 4.85. The van der Waals surface area contributed by atoms with Crippen LogP contribution in [0.15, 0.2) is 16.3 Å². The van der Waals surface area contributed by atoms with Crippen LogP contribution in [-0.2, 0) is 4.74 Å². The summed E-state index contributed by atoms with van der Waals surface area (Å²) < 4.78 is 5.31. The lowest BCUT2D eigenvalue weighted by molar-refractivity contribution is 0.168. The van der Waals surface area contributed by atoms with E-state index in [0.29, 0.717) is 6.61 Å². The number of carbonyl (C=O) groups is 1. The zero-order valence-corrected chi connectivity index (χ0v) is 14.6. The fourth-order valence-electron chi connectivity index (χ4n) is 3.09. The van der Waals surface area contributed by atoms with Gasteiger partial charge < -0.3 is 4.74 Å². The van der Waals surface area contributed by atoms with Gasteiger partial charge in [-0.3, -0.25) is 4.99 Å². The molecule has 4 heteroatoms. The van der Waals surface area contributed by atoms with E-state index in [4.69, 9.17) is 9.73 Å². The minimum Gasteiger partial charge on any atom is -0.442 e. The summed E-state index contributed by atoms with van der Waals surface area (Å²) in [5.41, 5.74) is 2.19. The normalized spacial score (nSPS) is 23.5. The van der Waals surface area contributed by atoms with Crippen LogP contribution in [0.4, 0.5) is 4.79 Å². The lowest BCUT2D eigenvalue weighted by Crippen LogP contribution is -2.45. The largest absolute Gasteiger partial charge is 0.442 e. The zero-order chi connectivity index (χ0) is 16.2. The number of hydrogen-bond acceptors (Lipinski definition) is 3. The van der Waals surface area contributed by atoms with E-state index in [1.807, 2.05) is 0 Å². The number of fused-ring (bicyclic) bond motifs is 1. The van der Waals surface area contributed by atoms with Gasteiger partial charge in [0, 0.05) is 5.92 Å². The summed E-state index contributed by atoms with van der Waals surface area (Å²) in [6, 6.07) is 0.0793. The number of carbonyl (C=O) groups excluding carboxylic acids is 1. The minimum atomic E-state index is -0.286. The Morgan fingerprint density at radius 3 is 2.19 bits per heavy atom. The van der Waals surface area contributed by atoms with Crippen molar-refractivity contribution in [3.63, 3.8) is 0 Å². The summed E-state index contributed by atoms with van der Waals surface area (Å²) in [7, 11) is 0. The second-order valence-electron chi connectivity index (χ2n) is 8.41. The van der Waals surface area contributed by atoms with Crippen molar-refractivity contribution in [2.75, 3.05) is 6.61 Å². The molecule has 4 nitrogen and oxygen atoms in total. The maximum Gasteiger partial charge on any atom is 0.420 e. The Morgan fingerprint density at radius 2 is 1.76 bits per heavy atom. The molecule has 2 aliphatic rings. The van der Waals surface area contributed by atoms with Gasteiger partial charge in [-0.2, -0.15) is 0 Å². The molecule has 0 aromatic rings. The van der Waals surface area contributed by atoms with Crippen molar-refractivity contribution < 1.29 is 9.53 Å². The second-order valence-corrected chi connectivity index (χ2v) is 8.41. The van der Waals surface area contributed by atoms with Crippen molar-refractivity contribution in [2.45, 2.75) is 61.4 Å². The summed E-state index contributed by atoms with van der Waals surface area (Å²) in [6.07, 6.45) is -0.286. The highest BCUT2D eigenvalue weighted by atomic mass is 16.6. The number of cyclic esters (lactones) is 1. The molecule has 1 atom stereocenters. The Balaban J connectivity index is 2.67. The summed E-state index contributed by atoms with van der Waals surface area (Å²) in [6.45, 7) is 17.7. The predicted molar refractivity (Wildman–Crippen MR) is 85.2 cm³/mol. The minimum absolute atomic E-state index is 0.00742. The van der Waals surface area contributed by atoms with Crippen LogP contribution in [0.3, 0.4) is 0 Å². The highest BCUT2D eigenvalue weighted by molar-refractivity contribution is 6.01. The summed E-state index contributed by atoms with van der Waals surface area (Å²) in [5, 5.41) is 0. The molecule has 2 aliphatic heterocycles. The van der Waals surface area contributed by atoms with Gasteiger partial charge in [0.25, 0.3) is 0 Å². The summed E-state index contributed by atoms with van der Waals surface area (Å²) >= 11 is 0. The van der Waals surface area contributed by atoms with Crippen molar-refractivity contribution in [2.24, 2.45) is 21.7 Å². The molecular weight excluding hydrogens is 264 g/mol. The maximum absolute atomic E-state index is 12.1.